The van der Waals surface area contributed by atoms with Crippen LogP contribution in [0, 0.1) is 0 Å². The van der Waals surface area contributed by atoms with Gasteiger partial charge in [-0.1, -0.05) is 30.3 Å². The van der Waals surface area contributed by atoms with E-state index >= 15 is 0 Å². The zero-order valence-electron chi connectivity index (χ0n) is 14.5. The Morgan fingerprint density at radius 2 is 2.16 bits per heavy atom. The summed E-state index contributed by atoms with van der Waals surface area (Å²) < 4.78 is 2.13. The summed E-state index contributed by atoms with van der Waals surface area (Å²) in [5, 5.41) is 13.0. The maximum atomic E-state index is 9.74. The molecule has 1 aliphatic heterocycles. The molecule has 1 aromatic heterocycles. The molecular formula is C18H26IN5O. The van der Waals surface area contributed by atoms with Crippen LogP contribution in [0.5, 0.6) is 0 Å². The van der Waals surface area contributed by atoms with Crippen LogP contribution in [0.2, 0.25) is 0 Å². The quantitative estimate of drug-likeness (QED) is 0.412. The molecule has 0 bridgehead atoms. The standard InChI is InChI=1S/C18H25N5O.HI/c1-2-19-18(23-10-8-16(24)14-23)21-12-17-20-9-11-22(17)13-15-6-4-3-5-7-15;/h3-7,9,11,16,24H,2,8,10,12-14H2,1H3,(H,19,21);1H/t16-;/m1./s1. The van der Waals surface area contributed by atoms with Gasteiger partial charge in [-0.15, -0.1) is 24.0 Å². The molecule has 0 aliphatic carbocycles. The molecule has 25 heavy (non-hydrogen) atoms. The van der Waals surface area contributed by atoms with Crippen LogP contribution in [0.4, 0.5) is 0 Å². The summed E-state index contributed by atoms with van der Waals surface area (Å²) in [5.74, 6) is 1.79. The zero-order chi connectivity index (χ0) is 16.8. The summed E-state index contributed by atoms with van der Waals surface area (Å²) in [6.07, 6.45) is 4.35. The predicted molar refractivity (Wildman–Crippen MR) is 110 cm³/mol. The van der Waals surface area contributed by atoms with Crippen molar-refractivity contribution in [1.82, 2.24) is 19.8 Å². The number of likely N-dealkylation sites (tertiary alicyclic amines) is 1. The molecule has 0 amide bonds. The second-order valence-corrected chi connectivity index (χ2v) is 6.02. The highest BCUT2D eigenvalue weighted by Gasteiger charge is 2.22. The first-order chi connectivity index (χ1) is 11.8. The van der Waals surface area contributed by atoms with Crippen molar-refractivity contribution in [3.05, 3.63) is 54.1 Å². The van der Waals surface area contributed by atoms with Crippen LogP contribution in [-0.4, -0.2) is 51.3 Å². The first kappa shape index (κ1) is 19.7. The molecule has 3 rings (SSSR count). The maximum Gasteiger partial charge on any atom is 0.194 e. The fourth-order valence-electron chi connectivity index (χ4n) is 2.92. The highest BCUT2D eigenvalue weighted by molar-refractivity contribution is 14.0. The van der Waals surface area contributed by atoms with Gasteiger partial charge in [0.1, 0.15) is 12.4 Å². The number of aromatic nitrogens is 2. The molecule has 2 aromatic rings. The number of halogens is 1. The Morgan fingerprint density at radius 1 is 1.36 bits per heavy atom. The minimum absolute atomic E-state index is 0. The van der Waals surface area contributed by atoms with Crippen molar-refractivity contribution in [3.8, 4) is 0 Å². The van der Waals surface area contributed by atoms with Crippen molar-refractivity contribution >= 4 is 29.9 Å². The fraction of sp³-hybridized carbons (Fsp3) is 0.444. The van der Waals surface area contributed by atoms with Crippen molar-refractivity contribution in [2.45, 2.75) is 32.5 Å². The van der Waals surface area contributed by atoms with Crippen molar-refractivity contribution in [2.75, 3.05) is 19.6 Å². The average molecular weight is 455 g/mol. The van der Waals surface area contributed by atoms with Gasteiger partial charge < -0.3 is 19.9 Å². The van der Waals surface area contributed by atoms with Gasteiger partial charge in [-0.3, -0.25) is 0 Å². The number of aliphatic hydroxyl groups excluding tert-OH is 1. The number of aliphatic hydroxyl groups is 1. The summed E-state index contributed by atoms with van der Waals surface area (Å²) in [6, 6.07) is 10.3. The van der Waals surface area contributed by atoms with E-state index in [-0.39, 0.29) is 30.1 Å². The first-order valence-corrected chi connectivity index (χ1v) is 8.51. The molecule has 1 saturated heterocycles. The Kier molecular flexibility index (Phi) is 7.70. The van der Waals surface area contributed by atoms with E-state index in [0.717, 1.165) is 37.8 Å². The fourth-order valence-corrected chi connectivity index (χ4v) is 2.92. The number of benzene rings is 1. The second kappa shape index (κ2) is 9.76. The third kappa shape index (κ3) is 5.43. The van der Waals surface area contributed by atoms with Gasteiger partial charge in [0.15, 0.2) is 5.96 Å². The minimum Gasteiger partial charge on any atom is -0.391 e. The molecule has 0 spiro atoms. The SMILES string of the molecule is CCNC(=NCc1nccn1Cc1ccccc1)N1CC[C@@H](O)C1.I. The maximum absolute atomic E-state index is 9.74. The Labute approximate surface area is 166 Å². The lowest BCUT2D eigenvalue weighted by Crippen LogP contribution is -2.40. The lowest BCUT2D eigenvalue weighted by Gasteiger charge is -2.20. The Morgan fingerprint density at radius 3 is 2.84 bits per heavy atom. The summed E-state index contributed by atoms with van der Waals surface area (Å²) in [7, 11) is 0. The summed E-state index contributed by atoms with van der Waals surface area (Å²) in [4.78, 5) is 11.3. The number of hydrogen-bond donors (Lipinski definition) is 2. The lowest BCUT2D eigenvalue weighted by molar-refractivity contribution is 0.188. The van der Waals surface area contributed by atoms with Gasteiger partial charge >= 0.3 is 0 Å². The number of rotatable bonds is 5. The normalized spacial score (nSPS) is 17.4. The largest absolute Gasteiger partial charge is 0.391 e. The lowest BCUT2D eigenvalue weighted by atomic mass is 10.2. The summed E-state index contributed by atoms with van der Waals surface area (Å²) in [5.41, 5.74) is 1.25. The third-order valence-corrected chi connectivity index (χ3v) is 4.17. The highest BCUT2D eigenvalue weighted by atomic mass is 127. The van der Waals surface area contributed by atoms with E-state index in [9.17, 15) is 5.11 Å². The molecule has 2 heterocycles. The Hall–Kier alpha value is -1.61. The van der Waals surface area contributed by atoms with Gasteiger partial charge in [0.2, 0.25) is 0 Å². The van der Waals surface area contributed by atoms with Crippen LogP contribution in [-0.2, 0) is 13.1 Å². The monoisotopic (exact) mass is 455 g/mol. The molecule has 136 valence electrons. The van der Waals surface area contributed by atoms with Gasteiger partial charge in [0.05, 0.1) is 6.10 Å². The van der Waals surface area contributed by atoms with Crippen LogP contribution >= 0.6 is 24.0 Å². The number of β-amino-alcohol motifs (C(OH)–C–C–N with tert-alkyl or cyclic N) is 1. The van der Waals surface area contributed by atoms with Crippen molar-refractivity contribution in [3.63, 3.8) is 0 Å². The smallest absolute Gasteiger partial charge is 0.194 e. The van der Waals surface area contributed by atoms with E-state index in [1.54, 1.807) is 0 Å². The number of nitrogens with one attached hydrogen (secondary N) is 1. The molecule has 1 aliphatic rings. The van der Waals surface area contributed by atoms with E-state index in [4.69, 9.17) is 4.99 Å². The molecule has 1 aromatic carbocycles. The number of imidazole rings is 1. The van der Waals surface area contributed by atoms with E-state index in [0.29, 0.717) is 13.1 Å². The molecule has 2 N–H and O–H groups in total. The van der Waals surface area contributed by atoms with Crippen LogP contribution in [0.15, 0.2) is 47.7 Å². The van der Waals surface area contributed by atoms with Crippen LogP contribution < -0.4 is 5.32 Å². The van der Waals surface area contributed by atoms with Crippen molar-refractivity contribution < 1.29 is 5.11 Å². The second-order valence-electron chi connectivity index (χ2n) is 6.02. The summed E-state index contributed by atoms with van der Waals surface area (Å²) >= 11 is 0. The average Bonchev–Trinajstić information content (AvgIpc) is 3.21. The first-order valence-electron chi connectivity index (χ1n) is 8.51. The third-order valence-electron chi connectivity index (χ3n) is 4.17. The van der Waals surface area contributed by atoms with Gasteiger partial charge in [-0.25, -0.2) is 9.98 Å². The number of nitrogens with zero attached hydrogens (tertiary/aromatic N) is 4. The predicted octanol–water partition coefficient (Wildman–Crippen LogP) is 2.08. The topological polar surface area (TPSA) is 65.7 Å². The van der Waals surface area contributed by atoms with E-state index in [1.165, 1.54) is 5.56 Å². The van der Waals surface area contributed by atoms with Crippen LogP contribution in [0.3, 0.4) is 0 Å². The number of hydrogen-bond acceptors (Lipinski definition) is 3. The Bertz CT molecular complexity index is 673. The van der Waals surface area contributed by atoms with E-state index in [2.05, 4.69) is 38.8 Å². The number of guanidine groups is 1. The minimum atomic E-state index is -0.256. The summed E-state index contributed by atoms with van der Waals surface area (Å²) in [6.45, 7) is 5.66. The molecule has 1 atom stereocenters. The van der Waals surface area contributed by atoms with E-state index in [1.807, 2.05) is 30.6 Å². The molecule has 0 radical (unpaired) electrons. The van der Waals surface area contributed by atoms with Crippen molar-refractivity contribution in [1.29, 1.82) is 0 Å². The van der Waals surface area contributed by atoms with E-state index < -0.39 is 0 Å². The van der Waals surface area contributed by atoms with Gasteiger partial charge in [-0.2, -0.15) is 0 Å². The van der Waals surface area contributed by atoms with Crippen LogP contribution in [0.1, 0.15) is 24.7 Å². The molecule has 7 heteroatoms. The van der Waals surface area contributed by atoms with Crippen LogP contribution in [0.25, 0.3) is 0 Å². The number of aliphatic imine (C=N–C) groups is 1. The van der Waals surface area contributed by atoms with Gasteiger partial charge in [0, 0.05) is 38.6 Å². The molecule has 1 fully saturated rings. The molecule has 0 unspecified atom stereocenters. The molecule has 6 nitrogen and oxygen atoms in total. The molecule has 0 saturated carbocycles. The van der Waals surface area contributed by atoms with Gasteiger partial charge in [0.25, 0.3) is 0 Å². The highest BCUT2D eigenvalue weighted by Crippen LogP contribution is 2.10. The Balaban J connectivity index is 0.00000225. The van der Waals surface area contributed by atoms with Gasteiger partial charge in [-0.05, 0) is 18.9 Å². The zero-order valence-corrected chi connectivity index (χ0v) is 16.8. The van der Waals surface area contributed by atoms with Crippen molar-refractivity contribution in [2.24, 2.45) is 4.99 Å². The molecular weight excluding hydrogens is 429 g/mol.